The van der Waals surface area contributed by atoms with Gasteiger partial charge in [0.25, 0.3) is 0 Å². The van der Waals surface area contributed by atoms with Gasteiger partial charge < -0.3 is 19.9 Å². The molecule has 1 aromatic carbocycles. The average Bonchev–Trinajstić information content (AvgIpc) is 2.64. The van der Waals surface area contributed by atoms with E-state index in [1.807, 2.05) is 43.0 Å². The number of hydrogen-bond acceptors (Lipinski definition) is 3. The van der Waals surface area contributed by atoms with Crippen LogP contribution in [-0.2, 0) is 9.53 Å². The third-order valence-electron chi connectivity index (χ3n) is 5.11. The molecule has 2 fully saturated rings. The number of nitrogens with zero attached hydrogens (tertiary/aromatic N) is 2. The van der Waals surface area contributed by atoms with Crippen LogP contribution in [0.5, 0.6) is 0 Å². The van der Waals surface area contributed by atoms with Crippen molar-refractivity contribution in [2.75, 3.05) is 44.7 Å². The van der Waals surface area contributed by atoms with E-state index in [0.29, 0.717) is 32.8 Å². The molecule has 0 bridgehead atoms. The van der Waals surface area contributed by atoms with Gasteiger partial charge >= 0.3 is 6.03 Å². The lowest BCUT2D eigenvalue weighted by molar-refractivity contribution is -0.150. The standard InChI is InChI=1S/C19H27N3O3/c1-15-4-6-16(7-5-15)20-18(24)22-11-9-21(10-12-22)17(23)19(2)8-3-13-25-14-19/h4-7H,3,8-14H2,1-2H3,(H,20,24). The largest absolute Gasteiger partial charge is 0.380 e. The van der Waals surface area contributed by atoms with E-state index < -0.39 is 5.41 Å². The highest BCUT2D eigenvalue weighted by atomic mass is 16.5. The fourth-order valence-electron chi connectivity index (χ4n) is 3.44. The SMILES string of the molecule is Cc1ccc(NC(=O)N2CCN(C(=O)C3(C)CCCOC3)CC2)cc1. The summed E-state index contributed by atoms with van der Waals surface area (Å²) in [4.78, 5) is 28.8. The molecule has 6 heteroatoms. The van der Waals surface area contributed by atoms with Crippen LogP contribution in [0.25, 0.3) is 0 Å². The van der Waals surface area contributed by atoms with Gasteiger partial charge in [0.15, 0.2) is 0 Å². The number of rotatable bonds is 2. The lowest BCUT2D eigenvalue weighted by Crippen LogP contribution is -2.55. The van der Waals surface area contributed by atoms with Crippen LogP contribution in [0.4, 0.5) is 10.5 Å². The molecule has 136 valence electrons. The number of benzene rings is 1. The summed E-state index contributed by atoms with van der Waals surface area (Å²) in [5.41, 5.74) is 1.54. The van der Waals surface area contributed by atoms with Crippen LogP contribution in [0.1, 0.15) is 25.3 Å². The average molecular weight is 345 g/mol. The maximum absolute atomic E-state index is 12.8. The van der Waals surface area contributed by atoms with Crippen molar-refractivity contribution in [3.05, 3.63) is 29.8 Å². The van der Waals surface area contributed by atoms with Crippen molar-refractivity contribution in [3.63, 3.8) is 0 Å². The van der Waals surface area contributed by atoms with Crippen molar-refractivity contribution >= 4 is 17.6 Å². The Morgan fingerprint density at radius 2 is 1.72 bits per heavy atom. The zero-order chi connectivity index (χ0) is 17.9. The molecule has 1 unspecified atom stereocenters. The van der Waals surface area contributed by atoms with Gasteiger partial charge in [-0.2, -0.15) is 0 Å². The van der Waals surface area contributed by atoms with Gasteiger partial charge in [-0.15, -0.1) is 0 Å². The van der Waals surface area contributed by atoms with Crippen molar-refractivity contribution in [2.24, 2.45) is 5.41 Å². The number of piperazine rings is 1. The summed E-state index contributed by atoms with van der Waals surface area (Å²) in [6, 6.07) is 7.63. The van der Waals surface area contributed by atoms with Gasteiger partial charge in [-0.25, -0.2) is 4.79 Å². The van der Waals surface area contributed by atoms with E-state index in [9.17, 15) is 9.59 Å². The molecule has 0 spiro atoms. The van der Waals surface area contributed by atoms with E-state index in [1.165, 1.54) is 0 Å². The number of ether oxygens (including phenoxy) is 1. The van der Waals surface area contributed by atoms with E-state index >= 15 is 0 Å². The number of anilines is 1. The van der Waals surface area contributed by atoms with Crippen LogP contribution in [0.3, 0.4) is 0 Å². The maximum Gasteiger partial charge on any atom is 0.321 e. The van der Waals surface area contributed by atoms with Gasteiger partial charge in [0.05, 0.1) is 12.0 Å². The molecule has 0 aliphatic carbocycles. The molecule has 3 amide bonds. The van der Waals surface area contributed by atoms with Gasteiger partial charge in [0.2, 0.25) is 5.91 Å². The Labute approximate surface area is 149 Å². The molecular formula is C19H27N3O3. The second kappa shape index (κ2) is 7.44. The molecule has 0 aromatic heterocycles. The number of urea groups is 1. The number of hydrogen-bond donors (Lipinski definition) is 1. The molecular weight excluding hydrogens is 318 g/mol. The van der Waals surface area contributed by atoms with Gasteiger partial charge in [0.1, 0.15) is 0 Å². The van der Waals surface area contributed by atoms with Crippen LogP contribution in [0, 0.1) is 12.3 Å². The van der Waals surface area contributed by atoms with E-state index in [2.05, 4.69) is 5.32 Å². The first kappa shape index (κ1) is 17.7. The fourth-order valence-corrected chi connectivity index (χ4v) is 3.44. The Hall–Kier alpha value is -2.08. The van der Waals surface area contributed by atoms with E-state index in [4.69, 9.17) is 4.74 Å². The maximum atomic E-state index is 12.8. The van der Waals surface area contributed by atoms with Crippen LogP contribution < -0.4 is 5.32 Å². The summed E-state index contributed by atoms with van der Waals surface area (Å²) in [6.07, 6.45) is 1.81. The molecule has 0 saturated carbocycles. The summed E-state index contributed by atoms with van der Waals surface area (Å²) in [7, 11) is 0. The summed E-state index contributed by atoms with van der Waals surface area (Å²) in [5, 5.41) is 2.92. The van der Waals surface area contributed by atoms with E-state index in [1.54, 1.807) is 4.90 Å². The summed E-state index contributed by atoms with van der Waals surface area (Å²) in [6.45, 7) is 7.52. The first-order valence-electron chi connectivity index (χ1n) is 8.98. The minimum atomic E-state index is -0.412. The van der Waals surface area contributed by atoms with Crippen molar-refractivity contribution in [2.45, 2.75) is 26.7 Å². The molecule has 1 atom stereocenters. The second-order valence-corrected chi connectivity index (χ2v) is 7.29. The molecule has 2 aliphatic rings. The molecule has 3 rings (SSSR count). The molecule has 25 heavy (non-hydrogen) atoms. The number of aryl methyl sites for hydroxylation is 1. The molecule has 2 aliphatic heterocycles. The monoisotopic (exact) mass is 345 g/mol. The molecule has 2 heterocycles. The molecule has 1 N–H and O–H groups in total. The Morgan fingerprint density at radius 3 is 2.32 bits per heavy atom. The van der Waals surface area contributed by atoms with Crippen molar-refractivity contribution < 1.29 is 14.3 Å². The Balaban J connectivity index is 1.51. The van der Waals surface area contributed by atoms with Crippen LogP contribution >= 0.6 is 0 Å². The van der Waals surface area contributed by atoms with Gasteiger partial charge in [0, 0.05) is 38.5 Å². The Morgan fingerprint density at radius 1 is 1.08 bits per heavy atom. The van der Waals surface area contributed by atoms with Gasteiger partial charge in [-0.05, 0) is 38.8 Å². The summed E-state index contributed by atoms with van der Waals surface area (Å²) < 4.78 is 5.51. The third-order valence-corrected chi connectivity index (χ3v) is 5.11. The predicted molar refractivity (Wildman–Crippen MR) is 96.5 cm³/mol. The number of carbonyl (C=O) groups is 2. The fraction of sp³-hybridized carbons (Fsp3) is 0.579. The molecule has 1 aromatic rings. The van der Waals surface area contributed by atoms with Crippen LogP contribution in [0.2, 0.25) is 0 Å². The van der Waals surface area contributed by atoms with Gasteiger partial charge in [-0.1, -0.05) is 17.7 Å². The lowest BCUT2D eigenvalue weighted by Gasteiger charge is -2.41. The molecule has 2 saturated heterocycles. The topological polar surface area (TPSA) is 61.9 Å². The Kier molecular flexibility index (Phi) is 5.27. The smallest absolute Gasteiger partial charge is 0.321 e. The quantitative estimate of drug-likeness (QED) is 0.896. The Bertz CT molecular complexity index is 615. The predicted octanol–water partition coefficient (Wildman–Crippen LogP) is 2.49. The lowest BCUT2D eigenvalue weighted by atomic mass is 9.83. The normalized spacial score (nSPS) is 24.1. The number of amides is 3. The van der Waals surface area contributed by atoms with Crippen molar-refractivity contribution in [1.29, 1.82) is 0 Å². The highest BCUT2D eigenvalue weighted by Crippen LogP contribution is 2.30. The highest BCUT2D eigenvalue weighted by Gasteiger charge is 2.39. The minimum Gasteiger partial charge on any atom is -0.380 e. The zero-order valence-corrected chi connectivity index (χ0v) is 15.1. The highest BCUT2D eigenvalue weighted by molar-refractivity contribution is 5.89. The summed E-state index contributed by atoms with van der Waals surface area (Å²) in [5.74, 6) is 0.158. The van der Waals surface area contributed by atoms with Crippen LogP contribution in [0.15, 0.2) is 24.3 Å². The number of nitrogens with one attached hydrogen (secondary N) is 1. The van der Waals surface area contributed by atoms with Crippen molar-refractivity contribution in [1.82, 2.24) is 9.80 Å². The first-order chi connectivity index (χ1) is 12.0. The number of carbonyl (C=O) groups excluding carboxylic acids is 2. The summed E-state index contributed by atoms with van der Waals surface area (Å²) >= 11 is 0. The molecule has 6 nitrogen and oxygen atoms in total. The third kappa shape index (κ3) is 4.12. The first-order valence-corrected chi connectivity index (χ1v) is 8.98. The van der Waals surface area contributed by atoms with E-state index in [0.717, 1.165) is 30.7 Å². The van der Waals surface area contributed by atoms with E-state index in [-0.39, 0.29) is 11.9 Å². The van der Waals surface area contributed by atoms with Gasteiger partial charge in [-0.3, -0.25) is 4.79 Å². The molecule has 0 radical (unpaired) electrons. The van der Waals surface area contributed by atoms with Crippen LogP contribution in [-0.4, -0.2) is 61.1 Å². The minimum absolute atomic E-state index is 0.108. The second-order valence-electron chi connectivity index (χ2n) is 7.29. The zero-order valence-electron chi connectivity index (χ0n) is 15.1. The van der Waals surface area contributed by atoms with Crippen molar-refractivity contribution in [3.8, 4) is 0 Å².